The van der Waals surface area contributed by atoms with Crippen molar-refractivity contribution in [3.63, 3.8) is 0 Å². The predicted octanol–water partition coefficient (Wildman–Crippen LogP) is 3.39. The fraction of sp³-hybridized carbons (Fsp3) is 0.636. The Bertz CT molecular complexity index is 891. The average molecular weight is 427 g/mol. The lowest BCUT2D eigenvalue weighted by Gasteiger charge is -2.36. The van der Waals surface area contributed by atoms with E-state index in [-0.39, 0.29) is 0 Å². The molecule has 0 aromatic carbocycles. The van der Waals surface area contributed by atoms with Gasteiger partial charge < -0.3 is 14.5 Å². The van der Waals surface area contributed by atoms with E-state index in [1.54, 1.807) is 11.8 Å². The zero-order valence-electron chi connectivity index (χ0n) is 17.9. The first kappa shape index (κ1) is 20.0. The van der Waals surface area contributed by atoms with Gasteiger partial charge in [-0.2, -0.15) is 0 Å². The normalized spacial score (nSPS) is 20.6. The number of hydrogen-bond acceptors (Lipinski definition) is 8. The summed E-state index contributed by atoms with van der Waals surface area (Å²) >= 11 is 1.63. The van der Waals surface area contributed by atoms with Crippen LogP contribution in [-0.2, 0) is 4.74 Å². The third-order valence-corrected chi connectivity index (χ3v) is 6.81. The summed E-state index contributed by atoms with van der Waals surface area (Å²) in [6, 6.07) is 4.34. The lowest BCUT2D eigenvalue weighted by atomic mass is 9.96. The average Bonchev–Trinajstić information content (AvgIpc) is 3.65. The molecule has 0 radical (unpaired) electrons. The van der Waals surface area contributed by atoms with Crippen LogP contribution in [-0.4, -0.2) is 65.6 Å². The second-order valence-electron chi connectivity index (χ2n) is 8.50. The number of rotatable bonds is 5. The van der Waals surface area contributed by atoms with Crippen molar-refractivity contribution in [1.29, 1.82) is 0 Å². The van der Waals surface area contributed by atoms with Crippen LogP contribution in [0.1, 0.15) is 54.7 Å². The van der Waals surface area contributed by atoms with Gasteiger partial charge in [0.25, 0.3) is 0 Å². The van der Waals surface area contributed by atoms with Crippen LogP contribution in [0.25, 0.3) is 0 Å². The van der Waals surface area contributed by atoms with Gasteiger partial charge in [-0.3, -0.25) is 0 Å². The quantitative estimate of drug-likeness (QED) is 0.532. The molecule has 0 amide bonds. The van der Waals surface area contributed by atoms with Crippen LogP contribution in [0, 0.1) is 6.92 Å². The number of anilines is 2. The summed E-state index contributed by atoms with van der Waals surface area (Å²) < 4.78 is 5.54. The molecule has 2 aliphatic heterocycles. The van der Waals surface area contributed by atoms with Crippen LogP contribution in [0.5, 0.6) is 0 Å². The van der Waals surface area contributed by atoms with Gasteiger partial charge in [-0.15, -0.1) is 0 Å². The molecule has 7 nitrogen and oxygen atoms in total. The zero-order chi connectivity index (χ0) is 20.5. The number of ether oxygens (including phenoxy) is 1. The van der Waals surface area contributed by atoms with Crippen molar-refractivity contribution in [2.75, 3.05) is 55.4 Å². The molecule has 0 unspecified atom stereocenters. The minimum Gasteiger partial charge on any atom is -0.381 e. The van der Waals surface area contributed by atoms with E-state index in [0.717, 1.165) is 80.5 Å². The Hall–Kier alpha value is -1.93. The van der Waals surface area contributed by atoms with Crippen molar-refractivity contribution in [3.8, 4) is 0 Å². The molecule has 3 aliphatic rings. The number of aryl methyl sites for hydroxylation is 1. The standard InChI is InChI=1S/C22H30N6OS/c1-15-13-19(25-21(23-15)17-3-4-17)27-7-9-28(10-8-27)20-14-18(24-22(26-20)30-2)16-5-11-29-12-6-16/h13-14,16-17H,3-12H2,1-2H3. The van der Waals surface area contributed by atoms with Crippen molar-refractivity contribution in [2.45, 2.75) is 49.6 Å². The van der Waals surface area contributed by atoms with Gasteiger partial charge >= 0.3 is 0 Å². The first-order chi connectivity index (χ1) is 14.7. The van der Waals surface area contributed by atoms with Crippen molar-refractivity contribution in [2.24, 2.45) is 0 Å². The third kappa shape index (κ3) is 4.39. The third-order valence-electron chi connectivity index (χ3n) is 6.26. The highest BCUT2D eigenvalue weighted by Gasteiger charge is 2.28. The Balaban J connectivity index is 1.30. The zero-order valence-corrected chi connectivity index (χ0v) is 18.7. The second kappa shape index (κ2) is 8.67. The van der Waals surface area contributed by atoms with Crippen molar-refractivity contribution in [1.82, 2.24) is 19.9 Å². The van der Waals surface area contributed by atoms with Crippen LogP contribution in [0.4, 0.5) is 11.6 Å². The summed E-state index contributed by atoms with van der Waals surface area (Å²) in [6.45, 7) is 7.53. The summed E-state index contributed by atoms with van der Waals surface area (Å²) in [4.78, 5) is 24.0. The van der Waals surface area contributed by atoms with Crippen molar-refractivity contribution in [3.05, 3.63) is 29.3 Å². The smallest absolute Gasteiger partial charge is 0.189 e. The number of nitrogens with zero attached hydrogens (tertiary/aromatic N) is 6. The fourth-order valence-electron chi connectivity index (χ4n) is 4.31. The Morgan fingerprint density at radius 3 is 2.13 bits per heavy atom. The monoisotopic (exact) mass is 426 g/mol. The van der Waals surface area contributed by atoms with Gasteiger partial charge in [-0.05, 0) is 38.9 Å². The van der Waals surface area contributed by atoms with E-state index < -0.39 is 0 Å². The first-order valence-corrected chi connectivity index (χ1v) is 12.3. The second-order valence-corrected chi connectivity index (χ2v) is 9.27. The highest BCUT2D eigenvalue weighted by atomic mass is 32.2. The molecule has 5 rings (SSSR count). The van der Waals surface area contributed by atoms with Crippen LogP contribution in [0.2, 0.25) is 0 Å². The molecule has 8 heteroatoms. The molecule has 2 aromatic heterocycles. The van der Waals surface area contributed by atoms with E-state index >= 15 is 0 Å². The lowest BCUT2D eigenvalue weighted by Crippen LogP contribution is -2.47. The summed E-state index contributed by atoms with van der Waals surface area (Å²) in [5.41, 5.74) is 2.25. The summed E-state index contributed by atoms with van der Waals surface area (Å²) in [5.74, 6) is 4.25. The van der Waals surface area contributed by atoms with Gasteiger partial charge in [-0.25, -0.2) is 19.9 Å². The Morgan fingerprint density at radius 1 is 0.833 bits per heavy atom. The van der Waals surface area contributed by atoms with Gasteiger partial charge in [0, 0.05) is 69.1 Å². The lowest BCUT2D eigenvalue weighted by molar-refractivity contribution is 0.0843. The van der Waals surface area contributed by atoms with Gasteiger partial charge in [0.15, 0.2) is 5.16 Å². The molecular formula is C22H30N6OS. The molecule has 3 fully saturated rings. The van der Waals surface area contributed by atoms with E-state index in [1.165, 1.54) is 18.5 Å². The van der Waals surface area contributed by atoms with Gasteiger partial charge in [0.05, 0.1) is 5.69 Å². The Morgan fingerprint density at radius 2 is 1.50 bits per heavy atom. The summed E-state index contributed by atoms with van der Waals surface area (Å²) in [5, 5.41) is 0.872. The topological polar surface area (TPSA) is 67.3 Å². The molecule has 0 atom stereocenters. The molecule has 0 spiro atoms. The molecule has 1 aliphatic carbocycles. The number of hydrogen-bond donors (Lipinski definition) is 0. The largest absolute Gasteiger partial charge is 0.381 e. The van der Waals surface area contributed by atoms with E-state index in [0.29, 0.717) is 11.8 Å². The van der Waals surface area contributed by atoms with Gasteiger partial charge in [0.1, 0.15) is 17.5 Å². The highest BCUT2D eigenvalue weighted by molar-refractivity contribution is 7.98. The van der Waals surface area contributed by atoms with E-state index in [4.69, 9.17) is 19.7 Å². The number of thioether (sulfide) groups is 1. The number of aromatic nitrogens is 4. The van der Waals surface area contributed by atoms with E-state index in [9.17, 15) is 0 Å². The predicted molar refractivity (Wildman–Crippen MR) is 120 cm³/mol. The van der Waals surface area contributed by atoms with Crippen LogP contribution < -0.4 is 9.80 Å². The van der Waals surface area contributed by atoms with E-state index in [2.05, 4.69) is 40.1 Å². The molecule has 2 saturated heterocycles. The first-order valence-electron chi connectivity index (χ1n) is 11.1. The highest BCUT2D eigenvalue weighted by Crippen LogP contribution is 2.38. The van der Waals surface area contributed by atoms with Gasteiger partial charge in [0.2, 0.25) is 0 Å². The Kier molecular flexibility index (Phi) is 5.78. The van der Waals surface area contributed by atoms with E-state index in [1.807, 2.05) is 0 Å². The van der Waals surface area contributed by atoms with Gasteiger partial charge in [-0.1, -0.05) is 11.8 Å². The molecule has 0 N–H and O–H groups in total. The van der Waals surface area contributed by atoms with Crippen molar-refractivity contribution >= 4 is 23.4 Å². The minimum atomic E-state index is 0.484. The Labute approximate surface area is 182 Å². The molecule has 2 aromatic rings. The molecule has 30 heavy (non-hydrogen) atoms. The summed E-state index contributed by atoms with van der Waals surface area (Å²) in [6.07, 6.45) is 6.62. The number of piperazine rings is 1. The van der Waals surface area contributed by atoms with Crippen molar-refractivity contribution < 1.29 is 4.74 Å². The molecular weight excluding hydrogens is 396 g/mol. The maximum atomic E-state index is 5.54. The fourth-order valence-corrected chi connectivity index (χ4v) is 4.69. The minimum absolute atomic E-state index is 0.484. The maximum Gasteiger partial charge on any atom is 0.189 e. The molecule has 160 valence electrons. The molecule has 4 heterocycles. The molecule has 0 bridgehead atoms. The van der Waals surface area contributed by atoms with Crippen LogP contribution in [0.15, 0.2) is 17.3 Å². The molecule has 1 saturated carbocycles. The van der Waals surface area contributed by atoms with Crippen LogP contribution in [0.3, 0.4) is 0 Å². The van der Waals surface area contributed by atoms with Crippen LogP contribution >= 0.6 is 11.8 Å². The summed E-state index contributed by atoms with van der Waals surface area (Å²) in [7, 11) is 0. The maximum absolute atomic E-state index is 5.54. The SMILES string of the molecule is CSc1nc(C2CCOCC2)cc(N2CCN(c3cc(C)nc(C4CC4)n3)CC2)n1.